The molecule has 23 heavy (non-hydrogen) atoms. The smallest absolute Gasteiger partial charge is 0.304 e. The van der Waals surface area contributed by atoms with Gasteiger partial charge < -0.3 is 5.32 Å². The van der Waals surface area contributed by atoms with Crippen molar-refractivity contribution in [2.24, 2.45) is 4.99 Å². The average molecular weight is 344 g/mol. The zero-order valence-electron chi connectivity index (χ0n) is 12.8. The van der Waals surface area contributed by atoms with E-state index in [0.717, 1.165) is 44.2 Å². The van der Waals surface area contributed by atoms with E-state index in [1.807, 2.05) is 0 Å². The molecule has 0 bridgehead atoms. The average Bonchev–Trinajstić information content (AvgIpc) is 2.83. The highest BCUT2D eigenvalue weighted by Gasteiger charge is 2.31. The summed E-state index contributed by atoms with van der Waals surface area (Å²) in [4.78, 5) is 16.0. The minimum atomic E-state index is -4.40. The number of nitrogens with one attached hydrogen (secondary N) is 1. The molecular weight excluding hydrogens is 325 g/mol. The van der Waals surface area contributed by atoms with Crippen LogP contribution in [0.2, 0.25) is 0 Å². The van der Waals surface area contributed by atoms with Crippen LogP contribution in [0.15, 0.2) is 29.3 Å². The molecule has 0 radical (unpaired) electrons. The van der Waals surface area contributed by atoms with E-state index >= 15 is 0 Å². The Morgan fingerprint density at radius 2 is 2.04 bits per heavy atom. The first-order valence-corrected chi connectivity index (χ1v) is 8.51. The number of unbranched alkanes of at least 4 members (excludes halogenated alkanes) is 3. The number of carbonyl (C=O) groups is 1. The lowest BCUT2D eigenvalue weighted by Gasteiger charge is -2.06. The number of alkyl halides is 3. The van der Waals surface area contributed by atoms with Crippen molar-refractivity contribution in [3.05, 3.63) is 29.8 Å². The number of aliphatic imine (C=N–C) groups is 1. The summed E-state index contributed by atoms with van der Waals surface area (Å²) in [5, 5.41) is 2.82. The highest BCUT2D eigenvalue weighted by atomic mass is 32.2. The van der Waals surface area contributed by atoms with E-state index in [1.54, 1.807) is 0 Å². The summed E-state index contributed by atoms with van der Waals surface area (Å²) in [7, 11) is 0. The Labute approximate surface area is 137 Å². The van der Waals surface area contributed by atoms with Gasteiger partial charge in [0.15, 0.2) is 5.17 Å². The van der Waals surface area contributed by atoms with E-state index in [9.17, 15) is 18.0 Å². The van der Waals surface area contributed by atoms with Gasteiger partial charge >= 0.3 is 6.18 Å². The van der Waals surface area contributed by atoms with Gasteiger partial charge in [0.2, 0.25) is 5.91 Å². The second-order valence-corrected chi connectivity index (χ2v) is 6.60. The van der Waals surface area contributed by atoms with Gasteiger partial charge in [0, 0.05) is 0 Å². The summed E-state index contributed by atoms with van der Waals surface area (Å²) in [6.45, 7) is 2.12. The maximum atomic E-state index is 12.7. The Hall–Kier alpha value is -1.50. The Bertz CT molecular complexity index is 587. The number of hydrogen-bond acceptors (Lipinski definition) is 3. The van der Waals surface area contributed by atoms with Crippen molar-refractivity contribution in [3.8, 4) is 0 Å². The third-order valence-electron chi connectivity index (χ3n) is 3.50. The van der Waals surface area contributed by atoms with Crippen LogP contribution in [-0.2, 0) is 11.0 Å². The topological polar surface area (TPSA) is 41.5 Å². The molecule has 1 aliphatic heterocycles. The van der Waals surface area contributed by atoms with Crippen LogP contribution in [-0.4, -0.2) is 16.3 Å². The van der Waals surface area contributed by atoms with Crippen LogP contribution in [0.25, 0.3) is 0 Å². The quantitative estimate of drug-likeness (QED) is 0.746. The van der Waals surface area contributed by atoms with Gasteiger partial charge in [-0.25, -0.2) is 4.99 Å². The maximum absolute atomic E-state index is 12.7. The molecule has 0 spiro atoms. The molecule has 1 fully saturated rings. The number of thioether (sulfide) groups is 1. The number of hydrogen-bond donors (Lipinski definition) is 1. The molecule has 1 heterocycles. The van der Waals surface area contributed by atoms with Gasteiger partial charge in [-0.15, -0.1) is 0 Å². The highest BCUT2D eigenvalue weighted by molar-refractivity contribution is 8.15. The van der Waals surface area contributed by atoms with Gasteiger partial charge in [-0.05, 0) is 24.6 Å². The minimum absolute atomic E-state index is 0.114. The van der Waals surface area contributed by atoms with Crippen LogP contribution < -0.4 is 5.32 Å². The Kier molecular flexibility index (Phi) is 6.10. The van der Waals surface area contributed by atoms with Gasteiger partial charge in [-0.2, -0.15) is 13.2 Å². The molecule has 1 aliphatic rings. The summed E-state index contributed by atoms with van der Waals surface area (Å²) >= 11 is 1.29. The molecular formula is C16H19F3N2OS. The SMILES string of the molecule is CCCCCCC1SC(=Nc2cccc(C(F)(F)F)c2)NC1=O. The largest absolute Gasteiger partial charge is 0.416 e. The van der Waals surface area contributed by atoms with Crippen molar-refractivity contribution in [2.45, 2.75) is 50.5 Å². The second-order valence-electron chi connectivity index (χ2n) is 5.41. The second kappa shape index (κ2) is 7.86. The van der Waals surface area contributed by atoms with Crippen LogP contribution >= 0.6 is 11.8 Å². The van der Waals surface area contributed by atoms with E-state index in [0.29, 0.717) is 5.17 Å². The fraction of sp³-hybridized carbons (Fsp3) is 0.500. The Morgan fingerprint density at radius 3 is 2.74 bits per heavy atom. The van der Waals surface area contributed by atoms with Crippen LogP contribution in [0.4, 0.5) is 18.9 Å². The van der Waals surface area contributed by atoms with E-state index in [2.05, 4.69) is 17.2 Å². The Balaban J connectivity index is 2.00. The molecule has 7 heteroatoms. The van der Waals surface area contributed by atoms with Crippen molar-refractivity contribution in [1.29, 1.82) is 0 Å². The molecule has 126 valence electrons. The molecule has 1 aromatic carbocycles. The molecule has 0 aromatic heterocycles. The predicted molar refractivity (Wildman–Crippen MR) is 86.8 cm³/mol. The van der Waals surface area contributed by atoms with Crippen molar-refractivity contribution < 1.29 is 18.0 Å². The minimum Gasteiger partial charge on any atom is -0.304 e. The molecule has 1 N–H and O–H groups in total. The van der Waals surface area contributed by atoms with Crippen LogP contribution in [0.3, 0.4) is 0 Å². The monoisotopic (exact) mass is 344 g/mol. The standard InChI is InChI=1S/C16H19F3N2OS/c1-2-3-4-5-9-13-14(22)21-15(23-13)20-12-8-6-7-11(10-12)16(17,18)19/h6-8,10,13H,2-5,9H2,1H3,(H,20,21,22). The third kappa shape index (κ3) is 5.27. The molecule has 0 aliphatic carbocycles. The summed E-state index contributed by atoms with van der Waals surface area (Å²) in [5.74, 6) is -0.114. The summed E-state index contributed by atoms with van der Waals surface area (Å²) in [6.07, 6.45) is 0.690. The maximum Gasteiger partial charge on any atom is 0.416 e. The van der Waals surface area contributed by atoms with Crippen molar-refractivity contribution in [3.63, 3.8) is 0 Å². The van der Waals surface area contributed by atoms with Crippen molar-refractivity contribution in [2.75, 3.05) is 0 Å². The molecule has 1 aromatic rings. The fourth-order valence-corrected chi connectivity index (χ4v) is 3.31. The first-order chi connectivity index (χ1) is 10.9. The lowest BCUT2D eigenvalue weighted by atomic mass is 10.1. The van der Waals surface area contributed by atoms with Crippen LogP contribution in [0.5, 0.6) is 0 Å². The molecule has 1 unspecified atom stereocenters. The van der Waals surface area contributed by atoms with E-state index in [1.165, 1.54) is 23.9 Å². The predicted octanol–water partition coefficient (Wildman–Crippen LogP) is 4.89. The van der Waals surface area contributed by atoms with E-state index in [4.69, 9.17) is 0 Å². The number of carbonyl (C=O) groups excluding carboxylic acids is 1. The molecule has 3 nitrogen and oxygen atoms in total. The van der Waals surface area contributed by atoms with Crippen LogP contribution in [0, 0.1) is 0 Å². The number of amidine groups is 1. The molecule has 0 saturated carbocycles. The zero-order valence-corrected chi connectivity index (χ0v) is 13.6. The number of halogens is 3. The zero-order chi connectivity index (χ0) is 16.9. The Morgan fingerprint density at radius 1 is 1.26 bits per heavy atom. The normalized spacial score (nSPS) is 20.1. The van der Waals surface area contributed by atoms with Crippen molar-refractivity contribution in [1.82, 2.24) is 5.32 Å². The third-order valence-corrected chi connectivity index (χ3v) is 4.65. The molecule has 1 amide bonds. The van der Waals surface area contributed by atoms with E-state index in [-0.39, 0.29) is 16.8 Å². The fourth-order valence-electron chi connectivity index (χ4n) is 2.27. The van der Waals surface area contributed by atoms with Crippen molar-refractivity contribution >= 4 is 28.5 Å². The lowest BCUT2D eigenvalue weighted by Crippen LogP contribution is -2.24. The van der Waals surface area contributed by atoms with Gasteiger partial charge in [-0.1, -0.05) is 50.4 Å². The summed E-state index contributed by atoms with van der Waals surface area (Å²) in [6, 6.07) is 4.78. The van der Waals surface area contributed by atoms with E-state index < -0.39 is 11.7 Å². The summed E-state index contributed by atoms with van der Waals surface area (Å²) < 4.78 is 38.1. The van der Waals surface area contributed by atoms with Gasteiger partial charge in [-0.3, -0.25) is 4.79 Å². The number of amides is 1. The number of nitrogens with zero attached hydrogens (tertiary/aromatic N) is 1. The van der Waals surface area contributed by atoms with Gasteiger partial charge in [0.25, 0.3) is 0 Å². The first-order valence-electron chi connectivity index (χ1n) is 7.63. The molecule has 2 rings (SSSR count). The highest BCUT2D eigenvalue weighted by Crippen LogP contribution is 2.32. The first kappa shape index (κ1) is 17.8. The summed E-state index contributed by atoms with van der Waals surface area (Å²) in [5.41, 5.74) is -0.556. The van der Waals surface area contributed by atoms with Gasteiger partial charge in [0.1, 0.15) is 0 Å². The van der Waals surface area contributed by atoms with Gasteiger partial charge in [0.05, 0.1) is 16.5 Å². The number of rotatable bonds is 6. The lowest BCUT2D eigenvalue weighted by molar-refractivity contribution is -0.137. The van der Waals surface area contributed by atoms with Crippen LogP contribution in [0.1, 0.15) is 44.6 Å². The molecule has 1 atom stereocenters. The number of benzene rings is 1. The molecule has 1 saturated heterocycles.